The lowest BCUT2D eigenvalue weighted by molar-refractivity contribution is 0.304. The molecule has 0 aliphatic heterocycles. The molecule has 0 unspecified atom stereocenters. The first-order valence-corrected chi connectivity index (χ1v) is 6.63. The molecule has 21 heavy (non-hydrogen) atoms. The summed E-state index contributed by atoms with van der Waals surface area (Å²) >= 11 is 5.63. The van der Waals surface area contributed by atoms with Gasteiger partial charge in [0.1, 0.15) is 18.2 Å². The molecule has 0 radical (unpaired) electrons. The van der Waals surface area contributed by atoms with Gasteiger partial charge in [-0.15, -0.1) is 0 Å². The van der Waals surface area contributed by atoms with Crippen LogP contribution in [0.25, 0.3) is 11.4 Å². The van der Waals surface area contributed by atoms with Crippen molar-refractivity contribution in [2.45, 2.75) is 6.61 Å². The Morgan fingerprint density at radius 1 is 1.19 bits per heavy atom. The number of halogens is 2. The quantitative estimate of drug-likeness (QED) is 0.796. The molecule has 0 saturated heterocycles. The first-order valence-electron chi connectivity index (χ1n) is 6.25. The van der Waals surface area contributed by atoms with Gasteiger partial charge in [0.05, 0.1) is 22.6 Å². The van der Waals surface area contributed by atoms with E-state index in [1.165, 1.54) is 12.1 Å². The standard InChI is InChI=1S/C15H11ClFN3O/c16-12-3-1-10(7-13(12)17)9-21-11-2-4-14(18-8-11)15-5-6-19-20-15/h1-8H,9H2,(H,19,20). The van der Waals surface area contributed by atoms with Crippen molar-refractivity contribution in [3.05, 3.63) is 65.2 Å². The average Bonchev–Trinajstić information content (AvgIpc) is 3.03. The maximum absolute atomic E-state index is 13.3. The Morgan fingerprint density at radius 2 is 2.10 bits per heavy atom. The SMILES string of the molecule is Fc1cc(COc2ccc(-c3ccn[nH]3)nc2)ccc1Cl. The number of rotatable bonds is 4. The molecule has 0 aliphatic rings. The molecule has 4 nitrogen and oxygen atoms in total. The van der Waals surface area contributed by atoms with Gasteiger partial charge in [0, 0.05) is 6.20 Å². The first kappa shape index (κ1) is 13.6. The summed E-state index contributed by atoms with van der Waals surface area (Å²) < 4.78 is 18.9. The van der Waals surface area contributed by atoms with Gasteiger partial charge in [-0.25, -0.2) is 4.39 Å². The topological polar surface area (TPSA) is 50.8 Å². The second-order valence-corrected chi connectivity index (χ2v) is 4.79. The Morgan fingerprint density at radius 3 is 2.76 bits per heavy atom. The highest BCUT2D eigenvalue weighted by Crippen LogP contribution is 2.19. The summed E-state index contributed by atoms with van der Waals surface area (Å²) in [6.45, 7) is 0.249. The molecule has 0 amide bonds. The van der Waals surface area contributed by atoms with Crippen molar-refractivity contribution in [2.24, 2.45) is 0 Å². The van der Waals surface area contributed by atoms with Gasteiger partial charge < -0.3 is 4.74 Å². The monoisotopic (exact) mass is 303 g/mol. The molecule has 3 rings (SSSR count). The van der Waals surface area contributed by atoms with Crippen molar-refractivity contribution in [1.82, 2.24) is 15.2 Å². The van der Waals surface area contributed by atoms with Crippen LogP contribution >= 0.6 is 11.6 Å². The number of nitrogens with zero attached hydrogens (tertiary/aromatic N) is 2. The smallest absolute Gasteiger partial charge is 0.142 e. The summed E-state index contributed by atoms with van der Waals surface area (Å²) in [5.74, 6) is 0.152. The van der Waals surface area contributed by atoms with Gasteiger partial charge in [0.15, 0.2) is 0 Å². The van der Waals surface area contributed by atoms with E-state index in [1.54, 1.807) is 24.5 Å². The second kappa shape index (κ2) is 5.93. The zero-order chi connectivity index (χ0) is 14.7. The van der Waals surface area contributed by atoms with E-state index in [0.717, 1.165) is 11.4 Å². The van der Waals surface area contributed by atoms with Crippen molar-refractivity contribution < 1.29 is 9.13 Å². The molecule has 2 heterocycles. The molecule has 1 aromatic carbocycles. The maximum Gasteiger partial charge on any atom is 0.142 e. The Labute approximate surface area is 125 Å². The molecule has 1 N–H and O–H groups in total. The van der Waals surface area contributed by atoms with E-state index in [2.05, 4.69) is 15.2 Å². The van der Waals surface area contributed by atoms with Gasteiger partial charge in [-0.2, -0.15) is 5.10 Å². The van der Waals surface area contributed by atoms with Crippen molar-refractivity contribution in [3.63, 3.8) is 0 Å². The zero-order valence-corrected chi connectivity index (χ0v) is 11.6. The number of pyridine rings is 1. The normalized spacial score (nSPS) is 10.6. The predicted octanol–water partition coefficient (Wildman–Crippen LogP) is 3.84. The van der Waals surface area contributed by atoms with E-state index in [4.69, 9.17) is 16.3 Å². The highest BCUT2D eigenvalue weighted by molar-refractivity contribution is 6.30. The minimum absolute atomic E-state index is 0.101. The van der Waals surface area contributed by atoms with E-state index in [1.807, 2.05) is 12.1 Å². The van der Waals surface area contributed by atoms with Gasteiger partial charge in [-0.05, 0) is 35.9 Å². The molecule has 106 valence electrons. The van der Waals surface area contributed by atoms with Gasteiger partial charge >= 0.3 is 0 Å². The summed E-state index contributed by atoms with van der Waals surface area (Å²) in [4.78, 5) is 4.27. The van der Waals surface area contributed by atoms with Crippen LogP contribution in [0.4, 0.5) is 4.39 Å². The van der Waals surface area contributed by atoms with Crippen LogP contribution in [0, 0.1) is 5.82 Å². The largest absolute Gasteiger partial charge is 0.487 e. The Hall–Kier alpha value is -2.40. The minimum Gasteiger partial charge on any atom is -0.487 e. The van der Waals surface area contributed by atoms with E-state index in [0.29, 0.717) is 11.3 Å². The second-order valence-electron chi connectivity index (χ2n) is 4.39. The molecule has 0 fully saturated rings. The van der Waals surface area contributed by atoms with Crippen molar-refractivity contribution in [3.8, 4) is 17.1 Å². The van der Waals surface area contributed by atoms with Crippen molar-refractivity contribution in [1.29, 1.82) is 0 Å². The molecule has 6 heteroatoms. The molecule has 0 bridgehead atoms. The summed E-state index contributed by atoms with van der Waals surface area (Å²) in [6, 6.07) is 10.0. The fourth-order valence-electron chi connectivity index (χ4n) is 1.82. The van der Waals surface area contributed by atoms with E-state index < -0.39 is 5.82 Å². The van der Waals surface area contributed by atoms with Gasteiger partial charge in [-0.1, -0.05) is 17.7 Å². The van der Waals surface area contributed by atoms with Crippen LogP contribution in [0.2, 0.25) is 5.02 Å². The zero-order valence-electron chi connectivity index (χ0n) is 10.9. The molecular weight excluding hydrogens is 293 g/mol. The number of nitrogens with one attached hydrogen (secondary N) is 1. The summed E-state index contributed by atoms with van der Waals surface area (Å²) in [6.07, 6.45) is 3.28. The van der Waals surface area contributed by atoms with E-state index >= 15 is 0 Å². The third-order valence-corrected chi connectivity index (χ3v) is 3.21. The average molecular weight is 304 g/mol. The molecular formula is C15H11ClFN3O. The lowest BCUT2D eigenvalue weighted by Crippen LogP contribution is -1.97. The molecule has 2 aromatic heterocycles. The third-order valence-electron chi connectivity index (χ3n) is 2.90. The number of hydrogen-bond donors (Lipinski definition) is 1. The number of hydrogen-bond acceptors (Lipinski definition) is 3. The van der Waals surface area contributed by atoms with Crippen LogP contribution in [-0.2, 0) is 6.61 Å². The fraction of sp³-hybridized carbons (Fsp3) is 0.0667. The van der Waals surface area contributed by atoms with Crippen LogP contribution in [0.1, 0.15) is 5.56 Å². The molecule has 0 spiro atoms. The minimum atomic E-state index is -0.453. The van der Waals surface area contributed by atoms with Gasteiger partial charge in [0.25, 0.3) is 0 Å². The molecule has 0 atom stereocenters. The maximum atomic E-state index is 13.3. The predicted molar refractivity (Wildman–Crippen MR) is 77.6 cm³/mol. The van der Waals surface area contributed by atoms with Gasteiger partial charge in [0.2, 0.25) is 0 Å². The van der Waals surface area contributed by atoms with Gasteiger partial charge in [-0.3, -0.25) is 10.1 Å². The van der Waals surface area contributed by atoms with Crippen LogP contribution in [0.3, 0.4) is 0 Å². The summed E-state index contributed by atoms with van der Waals surface area (Å²) in [5.41, 5.74) is 2.31. The lowest BCUT2D eigenvalue weighted by atomic mass is 10.2. The Balaban J connectivity index is 1.66. The number of benzene rings is 1. The third kappa shape index (κ3) is 3.20. The number of aromatic amines is 1. The lowest BCUT2D eigenvalue weighted by Gasteiger charge is -2.07. The Bertz CT molecular complexity index is 729. The fourth-order valence-corrected chi connectivity index (χ4v) is 1.94. The number of aromatic nitrogens is 3. The Kier molecular flexibility index (Phi) is 3.83. The highest BCUT2D eigenvalue weighted by Gasteiger charge is 2.04. The van der Waals surface area contributed by atoms with Crippen molar-refractivity contribution >= 4 is 11.6 Å². The van der Waals surface area contributed by atoms with Crippen LogP contribution in [0.5, 0.6) is 5.75 Å². The number of H-pyrrole nitrogens is 1. The first-order chi connectivity index (χ1) is 10.2. The van der Waals surface area contributed by atoms with Crippen molar-refractivity contribution in [2.75, 3.05) is 0 Å². The molecule has 3 aromatic rings. The number of ether oxygens (including phenoxy) is 1. The molecule has 0 saturated carbocycles. The summed E-state index contributed by atoms with van der Waals surface area (Å²) in [5, 5.41) is 6.81. The van der Waals surface area contributed by atoms with Crippen LogP contribution < -0.4 is 4.74 Å². The van der Waals surface area contributed by atoms with E-state index in [9.17, 15) is 4.39 Å². The highest BCUT2D eigenvalue weighted by atomic mass is 35.5. The molecule has 0 aliphatic carbocycles. The van der Waals surface area contributed by atoms with E-state index in [-0.39, 0.29) is 11.6 Å². The van der Waals surface area contributed by atoms with Crippen LogP contribution in [0.15, 0.2) is 48.8 Å². The van der Waals surface area contributed by atoms with Crippen LogP contribution in [-0.4, -0.2) is 15.2 Å². The summed E-state index contributed by atoms with van der Waals surface area (Å²) in [7, 11) is 0.